The Morgan fingerprint density at radius 1 is 0.329 bits per heavy atom. The van der Waals surface area contributed by atoms with E-state index in [0.717, 1.165) is 123 Å². The summed E-state index contributed by atoms with van der Waals surface area (Å²) in [6.45, 7) is 2.21. The molecule has 4 aromatic heterocycles. The molecule has 0 amide bonds. The monoisotopic (exact) mass is 1050 g/mol. The van der Waals surface area contributed by atoms with Gasteiger partial charge in [-0.1, -0.05) is 182 Å². The van der Waals surface area contributed by atoms with Crippen LogP contribution in [0.2, 0.25) is 0 Å². The average Bonchev–Trinajstić information content (AvgIpc) is 3.18. The highest BCUT2D eigenvalue weighted by Crippen LogP contribution is 2.45. The van der Waals surface area contributed by atoms with Crippen molar-refractivity contribution >= 4 is 43.7 Å². The predicted octanol–water partition coefficient (Wildman–Crippen LogP) is 20.7. The Hall–Kier alpha value is -10.7. The molecule has 11 aromatic carbocycles. The highest BCUT2D eigenvalue weighted by molar-refractivity contribution is 6.14. The summed E-state index contributed by atoms with van der Waals surface area (Å²) in [6, 6.07) is 101. The smallest absolute Gasteiger partial charge is 0.143 e. The number of aromatic nitrogens is 3. The number of hydrogen-bond donors (Lipinski definition) is 0. The standard InChI is InChI=1S/C78H53N3O/c1-51-19-8-9-26-62(51)67-46-59(34-33-56(67)43-52-20-4-2-5-21-52)68-49-60(50-72-71-48-58(37-40-77(71)82-78(68)72)64-28-11-13-30-66(64)74-32-15-17-42-80-74)54-23-18-22-53(44-54)55-35-38-75-69(45-55)70-47-57(36-39-76(70)81(75)61-24-6-3-7-25-61)63-27-10-12-29-65(63)73-31-14-16-41-79-73/h2-42,44-50H,43H2,1H3. The molecule has 4 nitrogen and oxygen atoms in total. The van der Waals surface area contributed by atoms with E-state index in [0.29, 0.717) is 0 Å². The molecule has 0 bridgehead atoms. The molecule has 0 aliphatic heterocycles. The summed E-state index contributed by atoms with van der Waals surface area (Å²) in [5, 5.41) is 4.50. The third-order valence-corrected chi connectivity index (χ3v) is 16.3. The van der Waals surface area contributed by atoms with Crippen LogP contribution in [-0.4, -0.2) is 14.5 Å². The van der Waals surface area contributed by atoms with Crippen molar-refractivity contribution in [3.63, 3.8) is 0 Å². The maximum atomic E-state index is 7.08. The van der Waals surface area contributed by atoms with Gasteiger partial charge in [0.15, 0.2) is 0 Å². The SMILES string of the molecule is Cc1ccccc1-c1cc(-c2cc(-c3cccc(-c4ccc5c(c4)c4cc(-c6ccccc6-c6ccccn6)ccc4n5-c4ccccc4)c3)cc3c2oc2ccc(-c4ccccc4-c4ccccn4)cc23)ccc1Cc1ccccc1. The van der Waals surface area contributed by atoms with Crippen molar-refractivity contribution < 1.29 is 4.42 Å². The second-order valence-corrected chi connectivity index (χ2v) is 21.3. The van der Waals surface area contributed by atoms with Gasteiger partial charge in [0, 0.05) is 56.3 Å². The molecule has 15 rings (SSSR count). The average molecular weight is 1050 g/mol. The van der Waals surface area contributed by atoms with Gasteiger partial charge in [-0.2, -0.15) is 0 Å². The fourth-order valence-corrected chi connectivity index (χ4v) is 12.3. The predicted molar refractivity (Wildman–Crippen MR) is 341 cm³/mol. The number of nitrogens with zero attached hydrogens (tertiary/aromatic N) is 3. The van der Waals surface area contributed by atoms with Crippen molar-refractivity contribution in [1.82, 2.24) is 14.5 Å². The van der Waals surface area contributed by atoms with Crippen molar-refractivity contribution in [2.45, 2.75) is 13.3 Å². The molecule has 0 aliphatic rings. The summed E-state index contributed by atoms with van der Waals surface area (Å²) in [5.74, 6) is 0. The van der Waals surface area contributed by atoms with Crippen molar-refractivity contribution in [2.75, 3.05) is 0 Å². The lowest BCUT2D eigenvalue weighted by Gasteiger charge is -2.16. The van der Waals surface area contributed by atoms with Crippen LogP contribution in [0.4, 0.5) is 0 Å². The second kappa shape index (κ2) is 20.5. The Morgan fingerprint density at radius 3 is 1.49 bits per heavy atom. The van der Waals surface area contributed by atoms with Crippen LogP contribution in [0, 0.1) is 6.92 Å². The topological polar surface area (TPSA) is 43.9 Å². The van der Waals surface area contributed by atoms with Gasteiger partial charge in [0.25, 0.3) is 0 Å². The molecule has 0 spiro atoms. The molecule has 0 saturated heterocycles. The minimum Gasteiger partial charge on any atom is -0.455 e. The fraction of sp³-hybridized carbons (Fsp3) is 0.0256. The Balaban J connectivity index is 0.910. The second-order valence-electron chi connectivity index (χ2n) is 21.3. The van der Waals surface area contributed by atoms with E-state index >= 15 is 0 Å². The Morgan fingerprint density at radius 2 is 0.829 bits per heavy atom. The molecule has 386 valence electrons. The summed E-state index contributed by atoms with van der Waals surface area (Å²) in [4.78, 5) is 9.53. The minimum atomic E-state index is 0.820. The molecule has 0 fully saturated rings. The number of aryl methyl sites for hydroxylation is 1. The molecular weight excluding hydrogens is 995 g/mol. The van der Waals surface area contributed by atoms with Crippen LogP contribution in [0.15, 0.2) is 296 Å². The molecule has 4 heteroatoms. The van der Waals surface area contributed by atoms with Gasteiger partial charge in [0.05, 0.1) is 22.4 Å². The summed E-state index contributed by atoms with van der Waals surface area (Å²) in [6.07, 6.45) is 4.55. The first-order valence-corrected chi connectivity index (χ1v) is 28.1. The number of para-hydroxylation sites is 1. The van der Waals surface area contributed by atoms with E-state index in [1.54, 1.807) is 0 Å². The molecule has 0 unspecified atom stereocenters. The van der Waals surface area contributed by atoms with Crippen LogP contribution in [0.3, 0.4) is 0 Å². The first kappa shape index (κ1) is 48.4. The van der Waals surface area contributed by atoms with E-state index in [2.05, 4.69) is 272 Å². The molecule has 0 atom stereocenters. The molecule has 0 radical (unpaired) electrons. The number of pyridine rings is 2. The summed E-state index contributed by atoms with van der Waals surface area (Å²) >= 11 is 0. The van der Waals surface area contributed by atoms with Crippen LogP contribution >= 0.6 is 0 Å². The van der Waals surface area contributed by atoms with Gasteiger partial charge in [-0.05, 0) is 188 Å². The maximum Gasteiger partial charge on any atom is 0.143 e. The lowest BCUT2D eigenvalue weighted by atomic mass is 9.88. The molecule has 0 N–H and O–H groups in total. The third-order valence-electron chi connectivity index (χ3n) is 16.3. The lowest BCUT2D eigenvalue weighted by Crippen LogP contribution is -1.95. The lowest BCUT2D eigenvalue weighted by molar-refractivity contribution is 0.670. The van der Waals surface area contributed by atoms with Gasteiger partial charge in [0.1, 0.15) is 11.2 Å². The van der Waals surface area contributed by atoms with E-state index in [1.165, 1.54) is 38.6 Å². The number of rotatable bonds is 11. The Labute approximate surface area is 476 Å². The van der Waals surface area contributed by atoms with Crippen LogP contribution in [0.25, 0.3) is 139 Å². The van der Waals surface area contributed by atoms with E-state index in [9.17, 15) is 0 Å². The van der Waals surface area contributed by atoms with Gasteiger partial charge >= 0.3 is 0 Å². The summed E-state index contributed by atoms with van der Waals surface area (Å²) in [5.41, 5.74) is 26.6. The van der Waals surface area contributed by atoms with Crippen LogP contribution in [0.5, 0.6) is 0 Å². The van der Waals surface area contributed by atoms with Crippen LogP contribution in [0.1, 0.15) is 16.7 Å². The van der Waals surface area contributed by atoms with E-state index < -0.39 is 0 Å². The van der Waals surface area contributed by atoms with Gasteiger partial charge in [-0.25, -0.2) is 0 Å². The fourth-order valence-electron chi connectivity index (χ4n) is 12.3. The Bertz CT molecular complexity index is 4880. The van der Waals surface area contributed by atoms with Crippen LogP contribution < -0.4 is 0 Å². The molecule has 82 heavy (non-hydrogen) atoms. The van der Waals surface area contributed by atoms with E-state index in [-0.39, 0.29) is 0 Å². The van der Waals surface area contributed by atoms with Crippen molar-refractivity contribution in [3.8, 4) is 95.0 Å². The molecule has 4 heterocycles. The first-order valence-electron chi connectivity index (χ1n) is 28.1. The third kappa shape index (κ3) is 8.75. The van der Waals surface area contributed by atoms with Crippen molar-refractivity contribution in [1.29, 1.82) is 0 Å². The first-order chi connectivity index (χ1) is 40.6. The quantitative estimate of drug-likeness (QED) is 0.130. The minimum absolute atomic E-state index is 0.820. The summed E-state index contributed by atoms with van der Waals surface area (Å²) in [7, 11) is 0. The number of benzene rings is 11. The van der Waals surface area contributed by atoms with Gasteiger partial charge in [0.2, 0.25) is 0 Å². The highest BCUT2D eigenvalue weighted by atomic mass is 16.3. The van der Waals surface area contributed by atoms with Gasteiger partial charge in [-0.15, -0.1) is 0 Å². The molecule has 0 saturated carbocycles. The zero-order chi connectivity index (χ0) is 54.5. The number of furan rings is 1. The van der Waals surface area contributed by atoms with Crippen molar-refractivity contribution in [2.24, 2.45) is 0 Å². The highest BCUT2D eigenvalue weighted by Gasteiger charge is 2.21. The zero-order valence-corrected chi connectivity index (χ0v) is 45.2. The normalized spacial score (nSPS) is 11.5. The van der Waals surface area contributed by atoms with Crippen molar-refractivity contribution in [3.05, 3.63) is 308 Å². The zero-order valence-electron chi connectivity index (χ0n) is 45.2. The molecule has 0 aliphatic carbocycles. The molecular formula is C78H53N3O. The van der Waals surface area contributed by atoms with E-state index in [4.69, 9.17) is 14.4 Å². The largest absolute Gasteiger partial charge is 0.455 e. The number of fused-ring (bicyclic) bond motifs is 6. The Kier molecular flexibility index (Phi) is 12.1. The number of hydrogen-bond acceptors (Lipinski definition) is 3. The van der Waals surface area contributed by atoms with Crippen LogP contribution in [-0.2, 0) is 6.42 Å². The summed E-state index contributed by atoms with van der Waals surface area (Å²) < 4.78 is 9.48. The van der Waals surface area contributed by atoms with Gasteiger partial charge in [-0.3, -0.25) is 9.97 Å². The van der Waals surface area contributed by atoms with Gasteiger partial charge < -0.3 is 8.98 Å². The molecule has 15 aromatic rings. The maximum absolute atomic E-state index is 7.08. The van der Waals surface area contributed by atoms with E-state index in [1.807, 2.05) is 30.6 Å².